The largest absolute Gasteiger partial charge is 0.508 e. The Hall–Kier alpha value is -1.16. The van der Waals surface area contributed by atoms with Crippen molar-refractivity contribution in [3.63, 3.8) is 0 Å². The average molecular weight is 279 g/mol. The number of thioether (sulfide) groups is 1. The van der Waals surface area contributed by atoms with Gasteiger partial charge >= 0.3 is 0 Å². The van der Waals surface area contributed by atoms with Crippen molar-refractivity contribution in [2.75, 3.05) is 6.26 Å². The quantitative estimate of drug-likeness (QED) is 0.894. The van der Waals surface area contributed by atoms with Gasteiger partial charge in [0.05, 0.1) is 0 Å². The molecular weight excluding hydrogens is 258 g/mol. The van der Waals surface area contributed by atoms with Crippen LogP contribution in [0.15, 0.2) is 18.2 Å². The lowest BCUT2D eigenvalue weighted by Crippen LogP contribution is -2.39. The summed E-state index contributed by atoms with van der Waals surface area (Å²) in [5.41, 5.74) is 1.47. The smallest absolute Gasteiger partial charge is 0.251 e. The Morgan fingerprint density at radius 1 is 1.42 bits per heavy atom. The summed E-state index contributed by atoms with van der Waals surface area (Å²) in [4.78, 5) is 12.2. The van der Waals surface area contributed by atoms with Gasteiger partial charge < -0.3 is 10.4 Å². The van der Waals surface area contributed by atoms with Gasteiger partial charge in [-0.3, -0.25) is 4.79 Å². The molecule has 0 saturated heterocycles. The second-order valence-corrected chi connectivity index (χ2v) is 6.33. The first kappa shape index (κ1) is 14.3. The molecule has 0 bridgehead atoms. The fourth-order valence-electron chi connectivity index (χ4n) is 2.66. The molecule has 1 aliphatic carbocycles. The van der Waals surface area contributed by atoms with E-state index >= 15 is 0 Å². The monoisotopic (exact) mass is 279 g/mol. The number of carbonyl (C=O) groups is 1. The minimum absolute atomic E-state index is 0.0238. The molecule has 19 heavy (non-hydrogen) atoms. The lowest BCUT2D eigenvalue weighted by molar-refractivity contribution is 0.0928. The Morgan fingerprint density at radius 2 is 2.21 bits per heavy atom. The van der Waals surface area contributed by atoms with Crippen molar-refractivity contribution < 1.29 is 9.90 Å². The van der Waals surface area contributed by atoms with E-state index in [0.29, 0.717) is 10.8 Å². The number of benzene rings is 1. The molecule has 0 heterocycles. The highest BCUT2D eigenvalue weighted by Crippen LogP contribution is 2.27. The van der Waals surface area contributed by atoms with Crippen molar-refractivity contribution in [2.45, 2.75) is 43.9 Å². The number of phenols is 1. The van der Waals surface area contributed by atoms with Gasteiger partial charge in [0.25, 0.3) is 5.91 Å². The molecule has 1 aromatic rings. The number of aryl methyl sites for hydroxylation is 1. The summed E-state index contributed by atoms with van der Waals surface area (Å²) in [5.74, 6) is 0.179. The summed E-state index contributed by atoms with van der Waals surface area (Å²) in [5, 5.41) is 13.2. The standard InChI is InChI=1S/C15H21NO2S/c1-10-8-12(17)6-7-14(10)15(18)16-11-4-3-5-13(9-11)19-2/h6-8,11,13,17H,3-5,9H2,1-2H3,(H,16,18). The van der Waals surface area contributed by atoms with Crippen molar-refractivity contribution in [3.05, 3.63) is 29.3 Å². The Bertz CT molecular complexity index is 461. The summed E-state index contributed by atoms with van der Waals surface area (Å²) in [6, 6.07) is 5.16. The topological polar surface area (TPSA) is 49.3 Å². The van der Waals surface area contributed by atoms with Crippen molar-refractivity contribution in [1.82, 2.24) is 5.32 Å². The Labute approximate surface area is 118 Å². The summed E-state index contributed by atoms with van der Waals surface area (Å²) in [6.07, 6.45) is 6.71. The second kappa shape index (κ2) is 6.33. The second-order valence-electron chi connectivity index (χ2n) is 5.19. The van der Waals surface area contributed by atoms with Crippen molar-refractivity contribution in [3.8, 4) is 5.75 Å². The highest BCUT2D eigenvalue weighted by Gasteiger charge is 2.23. The molecule has 2 rings (SSSR count). The molecule has 1 fully saturated rings. The van der Waals surface area contributed by atoms with Crippen LogP contribution in [-0.4, -0.2) is 28.6 Å². The van der Waals surface area contributed by atoms with E-state index in [1.807, 2.05) is 18.7 Å². The Kier molecular flexibility index (Phi) is 4.75. The van der Waals surface area contributed by atoms with Gasteiger partial charge in [0.15, 0.2) is 0 Å². The predicted molar refractivity (Wildman–Crippen MR) is 79.9 cm³/mol. The van der Waals surface area contributed by atoms with E-state index in [2.05, 4.69) is 11.6 Å². The molecule has 3 nitrogen and oxygen atoms in total. The first-order chi connectivity index (χ1) is 9.10. The van der Waals surface area contributed by atoms with Gasteiger partial charge in [0.2, 0.25) is 0 Å². The van der Waals surface area contributed by atoms with Crippen LogP contribution in [0.3, 0.4) is 0 Å². The maximum Gasteiger partial charge on any atom is 0.251 e. The molecule has 0 radical (unpaired) electrons. The highest BCUT2D eigenvalue weighted by atomic mass is 32.2. The van der Waals surface area contributed by atoms with Gasteiger partial charge in [-0.1, -0.05) is 6.42 Å². The minimum Gasteiger partial charge on any atom is -0.508 e. The SMILES string of the molecule is CSC1CCCC(NC(=O)c2ccc(O)cc2C)C1. The third kappa shape index (κ3) is 3.66. The fraction of sp³-hybridized carbons (Fsp3) is 0.533. The van der Waals surface area contributed by atoms with Crippen LogP contribution in [0.1, 0.15) is 41.6 Å². The number of amides is 1. The lowest BCUT2D eigenvalue weighted by Gasteiger charge is -2.28. The van der Waals surface area contributed by atoms with Crippen LogP contribution in [0.25, 0.3) is 0 Å². The van der Waals surface area contributed by atoms with Crippen LogP contribution in [0, 0.1) is 6.92 Å². The van der Waals surface area contributed by atoms with Gasteiger partial charge in [-0.2, -0.15) is 11.8 Å². The van der Waals surface area contributed by atoms with Crippen molar-refractivity contribution in [2.24, 2.45) is 0 Å². The number of aromatic hydroxyl groups is 1. The van der Waals surface area contributed by atoms with Gasteiger partial charge in [-0.05, 0) is 56.2 Å². The minimum atomic E-state index is -0.0238. The maximum absolute atomic E-state index is 12.2. The van der Waals surface area contributed by atoms with E-state index in [4.69, 9.17) is 0 Å². The Balaban J connectivity index is 2.00. The lowest BCUT2D eigenvalue weighted by atomic mass is 9.94. The first-order valence-corrected chi connectivity index (χ1v) is 8.02. The number of rotatable bonds is 3. The molecule has 1 amide bonds. The normalized spacial score (nSPS) is 23.1. The third-order valence-corrected chi connectivity index (χ3v) is 4.84. The zero-order valence-electron chi connectivity index (χ0n) is 11.5. The number of hydrogen-bond acceptors (Lipinski definition) is 3. The molecule has 1 aromatic carbocycles. The van der Waals surface area contributed by atoms with E-state index < -0.39 is 0 Å². The summed E-state index contributed by atoms with van der Waals surface area (Å²) < 4.78 is 0. The van der Waals surface area contributed by atoms with E-state index in [1.54, 1.807) is 18.2 Å². The van der Waals surface area contributed by atoms with Crippen LogP contribution in [0.5, 0.6) is 5.75 Å². The number of hydrogen-bond donors (Lipinski definition) is 2. The van der Waals surface area contributed by atoms with Crippen molar-refractivity contribution >= 4 is 17.7 Å². The third-order valence-electron chi connectivity index (χ3n) is 3.75. The number of phenolic OH excluding ortho intramolecular Hbond substituents is 1. The highest BCUT2D eigenvalue weighted by molar-refractivity contribution is 7.99. The van der Waals surface area contributed by atoms with E-state index in [9.17, 15) is 9.90 Å². The average Bonchev–Trinajstić information content (AvgIpc) is 2.38. The Morgan fingerprint density at radius 3 is 2.89 bits per heavy atom. The summed E-state index contributed by atoms with van der Waals surface area (Å²) in [6.45, 7) is 1.85. The molecule has 1 saturated carbocycles. The van der Waals surface area contributed by atoms with Crippen LogP contribution < -0.4 is 5.32 Å². The zero-order chi connectivity index (χ0) is 13.8. The molecule has 4 heteroatoms. The van der Waals surface area contributed by atoms with Gasteiger partial charge in [-0.15, -0.1) is 0 Å². The van der Waals surface area contributed by atoms with Gasteiger partial charge in [0, 0.05) is 16.9 Å². The molecule has 1 aliphatic rings. The first-order valence-electron chi connectivity index (χ1n) is 6.73. The van der Waals surface area contributed by atoms with Gasteiger partial charge in [-0.25, -0.2) is 0 Å². The molecule has 0 aromatic heterocycles. The van der Waals surface area contributed by atoms with E-state index in [0.717, 1.165) is 18.4 Å². The van der Waals surface area contributed by atoms with Crippen LogP contribution in [0.4, 0.5) is 0 Å². The fourth-order valence-corrected chi connectivity index (χ4v) is 3.48. The molecule has 104 valence electrons. The zero-order valence-corrected chi connectivity index (χ0v) is 12.3. The van der Waals surface area contributed by atoms with Crippen LogP contribution >= 0.6 is 11.8 Å². The van der Waals surface area contributed by atoms with E-state index in [1.165, 1.54) is 12.8 Å². The van der Waals surface area contributed by atoms with Crippen LogP contribution in [-0.2, 0) is 0 Å². The summed E-state index contributed by atoms with van der Waals surface area (Å²) >= 11 is 1.89. The number of carbonyl (C=O) groups excluding carboxylic acids is 1. The number of nitrogens with one attached hydrogen (secondary N) is 1. The molecular formula is C15H21NO2S. The van der Waals surface area contributed by atoms with E-state index in [-0.39, 0.29) is 17.7 Å². The van der Waals surface area contributed by atoms with Crippen LogP contribution in [0.2, 0.25) is 0 Å². The molecule has 0 spiro atoms. The summed E-state index contributed by atoms with van der Waals surface area (Å²) in [7, 11) is 0. The molecule has 0 aliphatic heterocycles. The maximum atomic E-state index is 12.2. The molecule has 2 N–H and O–H groups in total. The molecule has 2 unspecified atom stereocenters. The van der Waals surface area contributed by atoms with Gasteiger partial charge in [0.1, 0.15) is 5.75 Å². The molecule has 2 atom stereocenters. The van der Waals surface area contributed by atoms with Crippen molar-refractivity contribution in [1.29, 1.82) is 0 Å². The predicted octanol–water partition coefficient (Wildman–Crippen LogP) is 3.10.